The van der Waals surface area contributed by atoms with Crippen LogP contribution in [0.5, 0.6) is 0 Å². The summed E-state index contributed by atoms with van der Waals surface area (Å²) in [5.41, 5.74) is 0.245. The van der Waals surface area contributed by atoms with Gasteiger partial charge in [0.25, 0.3) is 0 Å². The predicted octanol–water partition coefficient (Wildman–Crippen LogP) is 2.14. The Labute approximate surface area is 76.9 Å². The number of ether oxygens (including phenoxy) is 1. The van der Waals surface area contributed by atoms with E-state index in [0.29, 0.717) is 6.10 Å². The van der Waals surface area contributed by atoms with E-state index >= 15 is 0 Å². The van der Waals surface area contributed by atoms with Crippen molar-refractivity contribution in [2.24, 2.45) is 0 Å². The Morgan fingerprint density at radius 3 is 2.08 bits per heavy atom. The fourth-order valence-corrected chi connectivity index (χ4v) is 0.768. The second-order valence-electron chi connectivity index (χ2n) is 4.38. The van der Waals surface area contributed by atoms with Gasteiger partial charge >= 0.3 is 0 Å². The molecule has 0 saturated heterocycles. The first kappa shape index (κ1) is 11.9. The lowest BCUT2D eigenvalue weighted by Crippen LogP contribution is -2.39. The standard InChI is InChI=1S/C10H23NO/c1-9(2)12-8-7-10(3,4)11(5)6/h9H,7-8H2,1-6H3. The summed E-state index contributed by atoms with van der Waals surface area (Å²) in [4.78, 5) is 2.23. The quantitative estimate of drug-likeness (QED) is 0.631. The Bertz CT molecular complexity index is 119. The Balaban J connectivity index is 3.61. The van der Waals surface area contributed by atoms with E-state index in [1.807, 2.05) is 0 Å². The zero-order chi connectivity index (χ0) is 9.78. The number of nitrogens with zero attached hydrogens (tertiary/aromatic N) is 1. The molecule has 0 spiro atoms. The topological polar surface area (TPSA) is 12.5 Å². The van der Waals surface area contributed by atoms with Crippen LogP contribution < -0.4 is 0 Å². The molecule has 0 fully saturated rings. The zero-order valence-electron chi connectivity index (χ0n) is 9.35. The van der Waals surface area contributed by atoms with Crippen LogP contribution in [0.3, 0.4) is 0 Å². The first-order valence-corrected chi connectivity index (χ1v) is 4.65. The summed E-state index contributed by atoms with van der Waals surface area (Å²) in [5, 5.41) is 0. The molecular weight excluding hydrogens is 150 g/mol. The number of hydrogen-bond acceptors (Lipinski definition) is 2. The maximum Gasteiger partial charge on any atom is 0.0518 e. The van der Waals surface area contributed by atoms with Gasteiger partial charge in [0, 0.05) is 12.1 Å². The van der Waals surface area contributed by atoms with Gasteiger partial charge in [0.05, 0.1) is 6.10 Å². The molecule has 0 saturated carbocycles. The van der Waals surface area contributed by atoms with Gasteiger partial charge in [-0.1, -0.05) is 0 Å². The smallest absolute Gasteiger partial charge is 0.0518 e. The number of rotatable bonds is 5. The molecular formula is C10H23NO. The van der Waals surface area contributed by atoms with Crippen molar-refractivity contribution in [3.63, 3.8) is 0 Å². The fourth-order valence-electron chi connectivity index (χ4n) is 0.768. The molecule has 0 aromatic rings. The van der Waals surface area contributed by atoms with E-state index in [1.54, 1.807) is 0 Å². The second kappa shape index (κ2) is 4.83. The van der Waals surface area contributed by atoms with Crippen LogP contribution >= 0.6 is 0 Å². The van der Waals surface area contributed by atoms with E-state index in [2.05, 4.69) is 46.7 Å². The SMILES string of the molecule is CC(C)OCCC(C)(C)N(C)C. The average Bonchev–Trinajstić information content (AvgIpc) is 1.85. The first-order chi connectivity index (χ1) is 5.36. The Kier molecular flexibility index (Phi) is 4.80. The monoisotopic (exact) mass is 173 g/mol. The molecule has 0 heterocycles. The molecule has 0 aliphatic heterocycles. The van der Waals surface area contributed by atoms with Gasteiger partial charge in [-0.2, -0.15) is 0 Å². The summed E-state index contributed by atoms with van der Waals surface area (Å²) in [6, 6.07) is 0. The van der Waals surface area contributed by atoms with Crippen molar-refractivity contribution >= 4 is 0 Å². The van der Waals surface area contributed by atoms with E-state index in [-0.39, 0.29) is 5.54 Å². The highest BCUT2D eigenvalue weighted by atomic mass is 16.5. The lowest BCUT2D eigenvalue weighted by atomic mass is 10.0. The van der Waals surface area contributed by atoms with Crippen molar-refractivity contribution in [2.75, 3.05) is 20.7 Å². The van der Waals surface area contributed by atoms with Crippen LogP contribution in [0.25, 0.3) is 0 Å². The van der Waals surface area contributed by atoms with Gasteiger partial charge in [0.15, 0.2) is 0 Å². The van der Waals surface area contributed by atoms with Crippen LogP contribution in [0.1, 0.15) is 34.1 Å². The van der Waals surface area contributed by atoms with Gasteiger partial charge < -0.3 is 9.64 Å². The highest BCUT2D eigenvalue weighted by Crippen LogP contribution is 2.14. The summed E-state index contributed by atoms with van der Waals surface area (Å²) < 4.78 is 5.50. The van der Waals surface area contributed by atoms with Crippen LogP contribution in [0.4, 0.5) is 0 Å². The van der Waals surface area contributed by atoms with Gasteiger partial charge in [0.1, 0.15) is 0 Å². The molecule has 0 rings (SSSR count). The van der Waals surface area contributed by atoms with Crippen molar-refractivity contribution < 1.29 is 4.74 Å². The fraction of sp³-hybridized carbons (Fsp3) is 1.00. The van der Waals surface area contributed by atoms with Crippen molar-refractivity contribution in [3.05, 3.63) is 0 Å². The van der Waals surface area contributed by atoms with Crippen molar-refractivity contribution in [3.8, 4) is 0 Å². The van der Waals surface area contributed by atoms with E-state index in [1.165, 1.54) is 0 Å². The Morgan fingerprint density at radius 1 is 1.25 bits per heavy atom. The van der Waals surface area contributed by atoms with Gasteiger partial charge in [0.2, 0.25) is 0 Å². The Hall–Kier alpha value is -0.0800. The van der Waals surface area contributed by atoms with Gasteiger partial charge in [-0.3, -0.25) is 0 Å². The molecule has 0 aliphatic carbocycles. The van der Waals surface area contributed by atoms with Gasteiger partial charge in [-0.25, -0.2) is 0 Å². The van der Waals surface area contributed by atoms with E-state index in [9.17, 15) is 0 Å². The molecule has 0 aromatic carbocycles. The van der Waals surface area contributed by atoms with Gasteiger partial charge in [-0.15, -0.1) is 0 Å². The molecule has 0 N–H and O–H groups in total. The highest BCUT2D eigenvalue weighted by Gasteiger charge is 2.19. The van der Waals surface area contributed by atoms with Crippen LogP contribution in [0.15, 0.2) is 0 Å². The van der Waals surface area contributed by atoms with Crippen LogP contribution in [-0.4, -0.2) is 37.2 Å². The zero-order valence-corrected chi connectivity index (χ0v) is 9.35. The molecule has 0 unspecified atom stereocenters. The van der Waals surface area contributed by atoms with Crippen molar-refractivity contribution in [1.82, 2.24) is 4.90 Å². The molecule has 2 nitrogen and oxygen atoms in total. The summed E-state index contributed by atoms with van der Waals surface area (Å²) >= 11 is 0. The molecule has 0 amide bonds. The molecule has 0 bridgehead atoms. The second-order valence-corrected chi connectivity index (χ2v) is 4.38. The van der Waals surface area contributed by atoms with Crippen molar-refractivity contribution in [2.45, 2.75) is 45.8 Å². The predicted molar refractivity (Wildman–Crippen MR) is 53.5 cm³/mol. The largest absolute Gasteiger partial charge is 0.379 e. The van der Waals surface area contributed by atoms with E-state index in [0.717, 1.165) is 13.0 Å². The summed E-state index contributed by atoms with van der Waals surface area (Å²) in [5.74, 6) is 0. The summed E-state index contributed by atoms with van der Waals surface area (Å²) in [7, 11) is 4.21. The van der Waals surface area contributed by atoms with Crippen LogP contribution in [0, 0.1) is 0 Å². The van der Waals surface area contributed by atoms with Gasteiger partial charge in [-0.05, 0) is 48.2 Å². The first-order valence-electron chi connectivity index (χ1n) is 4.65. The molecule has 2 heteroatoms. The average molecular weight is 173 g/mol. The van der Waals surface area contributed by atoms with Crippen molar-refractivity contribution in [1.29, 1.82) is 0 Å². The maximum atomic E-state index is 5.50. The van der Waals surface area contributed by atoms with E-state index in [4.69, 9.17) is 4.74 Å². The molecule has 12 heavy (non-hydrogen) atoms. The molecule has 0 aliphatic rings. The normalized spacial score (nSPS) is 13.0. The van der Waals surface area contributed by atoms with Crippen LogP contribution in [-0.2, 0) is 4.74 Å². The van der Waals surface area contributed by atoms with E-state index < -0.39 is 0 Å². The molecule has 0 aromatic heterocycles. The third kappa shape index (κ3) is 4.73. The summed E-state index contributed by atoms with van der Waals surface area (Å²) in [6.45, 7) is 9.46. The highest BCUT2D eigenvalue weighted by molar-refractivity contribution is 4.76. The maximum absolute atomic E-state index is 5.50. The minimum atomic E-state index is 0.245. The lowest BCUT2D eigenvalue weighted by Gasteiger charge is -2.32. The minimum Gasteiger partial charge on any atom is -0.379 e. The third-order valence-corrected chi connectivity index (χ3v) is 2.38. The lowest BCUT2D eigenvalue weighted by molar-refractivity contribution is 0.0467. The molecule has 0 atom stereocenters. The Morgan fingerprint density at radius 2 is 1.75 bits per heavy atom. The summed E-state index contributed by atoms with van der Waals surface area (Å²) in [6.07, 6.45) is 1.43. The number of hydrogen-bond donors (Lipinski definition) is 0. The minimum absolute atomic E-state index is 0.245. The van der Waals surface area contributed by atoms with Crippen LogP contribution in [0.2, 0.25) is 0 Å². The molecule has 74 valence electrons. The molecule has 0 radical (unpaired) electrons. The third-order valence-electron chi connectivity index (χ3n) is 2.38.